The molecule has 1 fully saturated rings. The Bertz CT molecular complexity index is 1170. The smallest absolute Gasteiger partial charge is 0.413 e. The largest absolute Gasteiger partial charge is 0.506 e. The van der Waals surface area contributed by atoms with Gasteiger partial charge in [-0.1, -0.05) is 26.3 Å². The third-order valence-electron chi connectivity index (χ3n) is 5.92. The van der Waals surface area contributed by atoms with Crippen LogP contribution in [0.2, 0.25) is 0 Å². The molecule has 2 N–H and O–H groups in total. The Morgan fingerprint density at radius 1 is 1.28 bits per heavy atom. The molecule has 3 rings (SSSR count). The Labute approximate surface area is 209 Å². The van der Waals surface area contributed by atoms with Gasteiger partial charge >= 0.3 is 22.3 Å². The standard InChI is InChI=1S/C23H30FN3O8S/c1-4-6-16-8-7-15(11-12-26(16)23(31)35-14(3)34-20(30)5-2)17-9-10-18(28)22(21(17)24)27-13-19(29)25-36(27,32)33/h7,9-10,14,16,28H,4-6,8,11-13H2,1-3H3,(H,25,29)/t14?,16-/m1/s1. The first-order valence-electron chi connectivity index (χ1n) is 11.7. The van der Waals surface area contributed by atoms with Crippen molar-refractivity contribution in [2.75, 3.05) is 17.4 Å². The molecule has 2 aliphatic rings. The van der Waals surface area contributed by atoms with Crippen molar-refractivity contribution in [2.45, 2.75) is 65.2 Å². The molecule has 198 valence electrons. The lowest BCUT2D eigenvalue weighted by Crippen LogP contribution is -2.42. The van der Waals surface area contributed by atoms with Crippen LogP contribution in [0.25, 0.3) is 5.57 Å². The molecule has 11 nitrogen and oxygen atoms in total. The van der Waals surface area contributed by atoms with Gasteiger partial charge in [0.1, 0.15) is 18.0 Å². The number of halogens is 1. The van der Waals surface area contributed by atoms with Crippen LogP contribution in [0.1, 0.15) is 58.4 Å². The summed E-state index contributed by atoms with van der Waals surface area (Å²) >= 11 is 0. The van der Waals surface area contributed by atoms with Crippen LogP contribution in [-0.4, -0.2) is 61.8 Å². The fraction of sp³-hybridized carbons (Fsp3) is 0.522. The van der Waals surface area contributed by atoms with Gasteiger partial charge in [0.15, 0.2) is 5.82 Å². The molecule has 0 radical (unpaired) electrons. The minimum atomic E-state index is -4.34. The summed E-state index contributed by atoms with van der Waals surface area (Å²) in [5.74, 6) is -2.97. The quantitative estimate of drug-likeness (QED) is 0.407. The molecule has 2 heterocycles. The maximum Gasteiger partial charge on any atom is 0.413 e. The molecule has 36 heavy (non-hydrogen) atoms. The molecule has 1 unspecified atom stereocenters. The molecule has 1 aromatic carbocycles. The van der Waals surface area contributed by atoms with Crippen molar-refractivity contribution in [2.24, 2.45) is 0 Å². The topological polar surface area (TPSA) is 143 Å². The lowest BCUT2D eigenvalue weighted by molar-refractivity contribution is -0.166. The first-order chi connectivity index (χ1) is 17.0. The van der Waals surface area contributed by atoms with Gasteiger partial charge in [0, 0.05) is 31.5 Å². The van der Waals surface area contributed by atoms with Gasteiger partial charge in [0.05, 0.1) is 0 Å². The van der Waals surface area contributed by atoms with E-state index >= 15 is 4.39 Å². The SMILES string of the molecule is CCC[C@@H]1CC=C(c2ccc(O)c(N3CC(=O)NS3(=O)=O)c2F)CCN1C(=O)OC(C)OC(=O)CC. The predicted octanol–water partition coefficient (Wildman–Crippen LogP) is 2.80. The van der Waals surface area contributed by atoms with Crippen LogP contribution >= 0.6 is 0 Å². The molecular formula is C23H30FN3O8S. The Hall–Kier alpha value is -3.35. The summed E-state index contributed by atoms with van der Waals surface area (Å²) < 4.78 is 52.6. The van der Waals surface area contributed by atoms with Crippen LogP contribution in [0.4, 0.5) is 14.9 Å². The third-order valence-corrected chi connectivity index (χ3v) is 7.30. The lowest BCUT2D eigenvalue weighted by Gasteiger charge is -2.30. The van der Waals surface area contributed by atoms with Gasteiger partial charge in [-0.25, -0.2) is 18.2 Å². The zero-order valence-corrected chi connectivity index (χ0v) is 21.1. The second-order valence-corrected chi connectivity index (χ2v) is 10.1. The summed E-state index contributed by atoms with van der Waals surface area (Å²) in [6, 6.07) is 2.24. The molecule has 13 heteroatoms. The van der Waals surface area contributed by atoms with Crippen molar-refractivity contribution >= 4 is 39.4 Å². The number of phenolic OH excluding ortho intramolecular Hbond substituents is 1. The monoisotopic (exact) mass is 527 g/mol. The molecule has 2 aliphatic heterocycles. The molecular weight excluding hydrogens is 497 g/mol. The first-order valence-corrected chi connectivity index (χ1v) is 13.1. The van der Waals surface area contributed by atoms with Gasteiger partial charge in [0.2, 0.25) is 6.29 Å². The number of anilines is 1. The van der Waals surface area contributed by atoms with E-state index in [1.54, 1.807) is 17.7 Å². The van der Waals surface area contributed by atoms with E-state index in [4.69, 9.17) is 9.47 Å². The van der Waals surface area contributed by atoms with Crippen molar-refractivity contribution in [3.63, 3.8) is 0 Å². The number of amides is 2. The van der Waals surface area contributed by atoms with Gasteiger partial charge in [-0.3, -0.25) is 9.59 Å². The number of nitrogens with zero attached hydrogens (tertiary/aromatic N) is 2. The van der Waals surface area contributed by atoms with Crippen molar-refractivity contribution in [1.82, 2.24) is 9.62 Å². The normalized spacial score (nSPS) is 20.3. The number of carbonyl (C=O) groups is 3. The summed E-state index contributed by atoms with van der Waals surface area (Å²) in [5, 5.41) is 10.2. The highest BCUT2D eigenvalue weighted by Gasteiger charge is 2.38. The maximum atomic E-state index is 15.6. The second kappa shape index (κ2) is 11.1. The number of esters is 1. The number of carbonyl (C=O) groups excluding carboxylic acids is 3. The van der Waals surface area contributed by atoms with Crippen LogP contribution in [0, 0.1) is 5.82 Å². The number of hydrogen-bond acceptors (Lipinski definition) is 8. The van der Waals surface area contributed by atoms with E-state index in [2.05, 4.69) is 0 Å². The number of rotatable bonds is 7. The van der Waals surface area contributed by atoms with Gasteiger partial charge in [-0.05, 0) is 37.0 Å². The fourth-order valence-electron chi connectivity index (χ4n) is 4.21. The molecule has 1 aromatic rings. The number of hydrogen-bond donors (Lipinski definition) is 2. The van der Waals surface area contributed by atoms with E-state index in [9.17, 15) is 27.9 Å². The highest BCUT2D eigenvalue weighted by Crippen LogP contribution is 2.39. The van der Waals surface area contributed by atoms with Crippen LogP contribution in [0.3, 0.4) is 0 Å². The zero-order valence-electron chi connectivity index (χ0n) is 20.3. The van der Waals surface area contributed by atoms with Crippen LogP contribution in [-0.2, 0) is 29.3 Å². The van der Waals surface area contributed by atoms with Crippen LogP contribution in [0.15, 0.2) is 18.2 Å². The number of nitrogens with one attached hydrogen (secondary N) is 1. The molecule has 0 spiro atoms. The van der Waals surface area contributed by atoms with Gasteiger partial charge in [0.25, 0.3) is 5.91 Å². The number of benzene rings is 1. The van der Waals surface area contributed by atoms with E-state index in [1.165, 1.54) is 17.9 Å². The van der Waals surface area contributed by atoms with E-state index < -0.39 is 58.3 Å². The Kier molecular flexibility index (Phi) is 8.43. The van der Waals surface area contributed by atoms with E-state index in [0.29, 0.717) is 22.7 Å². The zero-order chi connectivity index (χ0) is 26.6. The van der Waals surface area contributed by atoms with Crippen LogP contribution < -0.4 is 9.03 Å². The molecule has 0 saturated carbocycles. The van der Waals surface area contributed by atoms with E-state index in [1.807, 2.05) is 6.92 Å². The average Bonchev–Trinajstić information content (AvgIpc) is 2.94. The average molecular weight is 528 g/mol. The summed E-state index contributed by atoms with van der Waals surface area (Å²) in [5.41, 5.74) is -0.0662. The van der Waals surface area contributed by atoms with Gasteiger partial charge < -0.3 is 19.5 Å². The number of phenols is 1. The number of aromatic hydroxyl groups is 1. The fourth-order valence-corrected chi connectivity index (χ4v) is 5.37. The summed E-state index contributed by atoms with van der Waals surface area (Å²) in [4.78, 5) is 37.5. The minimum absolute atomic E-state index is 0.0491. The van der Waals surface area contributed by atoms with Gasteiger partial charge in [-0.15, -0.1) is 0 Å². The third kappa shape index (κ3) is 5.89. The molecule has 2 amide bonds. The Morgan fingerprint density at radius 3 is 2.61 bits per heavy atom. The molecule has 0 aromatic heterocycles. The van der Waals surface area contributed by atoms with Crippen LogP contribution in [0.5, 0.6) is 5.75 Å². The van der Waals surface area contributed by atoms with Crippen molar-refractivity contribution in [3.8, 4) is 5.75 Å². The lowest BCUT2D eigenvalue weighted by atomic mass is 9.99. The van der Waals surface area contributed by atoms with E-state index in [0.717, 1.165) is 12.5 Å². The molecule has 2 atom stereocenters. The van der Waals surface area contributed by atoms with Crippen molar-refractivity contribution in [3.05, 3.63) is 29.6 Å². The minimum Gasteiger partial charge on any atom is -0.506 e. The predicted molar refractivity (Wildman–Crippen MR) is 127 cm³/mol. The highest BCUT2D eigenvalue weighted by atomic mass is 32.2. The first kappa shape index (κ1) is 27.2. The molecule has 0 bridgehead atoms. The summed E-state index contributed by atoms with van der Waals surface area (Å²) in [6.07, 6.45) is 2.17. The maximum absolute atomic E-state index is 15.6. The number of ether oxygens (including phenoxy) is 2. The molecule has 1 saturated heterocycles. The van der Waals surface area contributed by atoms with Crippen molar-refractivity contribution in [1.29, 1.82) is 0 Å². The Morgan fingerprint density at radius 2 is 2.00 bits per heavy atom. The molecule has 0 aliphatic carbocycles. The summed E-state index contributed by atoms with van der Waals surface area (Å²) in [6.45, 7) is 4.54. The van der Waals surface area contributed by atoms with Crippen molar-refractivity contribution < 1.29 is 41.8 Å². The Balaban J connectivity index is 1.86. The second-order valence-electron chi connectivity index (χ2n) is 8.48. The summed E-state index contributed by atoms with van der Waals surface area (Å²) in [7, 11) is -4.34. The van der Waals surface area contributed by atoms with E-state index in [-0.39, 0.29) is 31.0 Å². The highest BCUT2D eigenvalue weighted by molar-refractivity contribution is 7.92. The van der Waals surface area contributed by atoms with Gasteiger partial charge in [-0.2, -0.15) is 8.42 Å².